The van der Waals surface area contributed by atoms with Gasteiger partial charge < -0.3 is 29.4 Å². The molecule has 19 heteroatoms. The summed E-state index contributed by atoms with van der Waals surface area (Å²) in [6.45, 7) is 4.95. The smallest absolute Gasteiger partial charge is 0.390 e. The maximum Gasteiger partial charge on any atom is 0.490 e. The van der Waals surface area contributed by atoms with Gasteiger partial charge in [-0.3, -0.25) is 9.05 Å². The summed E-state index contributed by atoms with van der Waals surface area (Å²) in [6, 6.07) is 7.66. The summed E-state index contributed by atoms with van der Waals surface area (Å²) in [5.74, 6) is -0.428. The number of hydrogen-bond donors (Lipinski definition) is 5. The summed E-state index contributed by atoms with van der Waals surface area (Å²) in [5, 5.41) is 10.5. The summed E-state index contributed by atoms with van der Waals surface area (Å²) < 4.78 is 72.3. The van der Waals surface area contributed by atoms with Crippen LogP contribution in [0, 0.1) is 5.92 Å². The molecule has 0 aromatic heterocycles. The fourth-order valence-electron chi connectivity index (χ4n) is 3.61. The number of aliphatic hydroxyl groups excluding tert-OH is 1. The first kappa shape index (κ1) is 32.7. The minimum Gasteiger partial charge on any atom is -0.390 e. The molecule has 0 saturated carbocycles. The molecular weight excluding hydrogens is 580 g/mol. The molecule has 1 heterocycles. The third-order valence-corrected chi connectivity index (χ3v) is 11.0. The van der Waals surface area contributed by atoms with Gasteiger partial charge in [-0.05, 0) is 23.1 Å². The van der Waals surface area contributed by atoms with Gasteiger partial charge in [0.25, 0.3) is 0 Å². The van der Waals surface area contributed by atoms with Gasteiger partial charge in [0.1, 0.15) is 6.10 Å². The van der Waals surface area contributed by atoms with Crippen molar-refractivity contribution in [2.45, 2.75) is 45.5 Å². The molecule has 0 spiro atoms. The molecule has 8 atom stereocenters. The van der Waals surface area contributed by atoms with Crippen LogP contribution in [-0.2, 0) is 51.4 Å². The van der Waals surface area contributed by atoms with Gasteiger partial charge in [-0.1, -0.05) is 51.1 Å². The molecule has 1 aliphatic heterocycles. The number of rotatable bonds is 11. The van der Waals surface area contributed by atoms with Crippen molar-refractivity contribution in [3.8, 4) is 0 Å². The summed E-state index contributed by atoms with van der Waals surface area (Å²) in [4.78, 5) is 37.5. The molecule has 1 aromatic rings. The molecule has 1 fully saturated rings. The Kier molecular flexibility index (Phi) is 11.2. The molecule has 0 amide bonds. The minimum absolute atomic E-state index is 0.428. The van der Waals surface area contributed by atoms with Gasteiger partial charge in [-0.2, -0.15) is 12.9 Å². The van der Waals surface area contributed by atoms with E-state index < -0.39 is 62.1 Å². The maximum absolute atomic E-state index is 12.1. The Balaban J connectivity index is 0.00000235. The maximum atomic E-state index is 12.1. The molecule has 212 valence electrons. The van der Waals surface area contributed by atoms with E-state index in [4.69, 9.17) is 9.63 Å². The summed E-state index contributed by atoms with van der Waals surface area (Å²) in [5.41, 5.74) is 2.97. The van der Waals surface area contributed by atoms with Crippen LogP contribution in [0.4, 0.5) is 0 Å². The SMILES string of the molecule is CC.COP(=O)(O)OP(=O)(O)OP(=O)(O)OP(=O)(O)OC[C@H]1O[C@@H](C2=Cc3ccccc3C2)C(C)[C@H]1O. The first-order valence-corrected chi connectivity index (χ1v) is 16.8. The molecule has 5 unspecified atom stereocenters. The third-order valence-electron chi connectivity index (χ3n) is 5.13. The van der Waals surface area contributed by atoms with E-state index >= 15 is 0 Å². The molecule has 3 rings (SSSR count). The van der Waals surface area contributed by atoms with Gasteiger partial charge in [0, 0.05) is 13.0 Å². The fourth-order valence-corrected chi connectivity index (χ4v) is 8.30. The van der Waals surface area contributed by atoms with Gasteiger partial charge in [0.05, 0.1) is 18.8 Å². The highest BCUT2D eigenvalue weighted by atomic mass is 31.3. The molecule has 1 aromatic carbocycles. The van der Waals surface area contributed by atoms with Crippen LogP contribution in [-0.4, -0.2) is 56.7 Å². The van der Waals surface area contributed by atoms with Gasteiger partial charge in [-0.15, -0.1) is 0 Å². The quantitative estimate of drug-likeness (QED) is 0.226. The van der Waals surface area contributed by atoms with E-state index in [0.29, 0.717) is 13.5 Å². The Morgan fingerprint density at radius 3 is 2.03 bits per heavy atom. The first-order chi connectivity index (χ1) is 17.0. The molecule has 1 aliphatic carbocycles. The van der Waals surface area contributed by atoms with Crippen molar-refractivity contribution in [3.05, 3.63) is 41.0 Å². The molecule has 5 N–H and O–H groups in total. The lowest BCUT2D eigenvalue weighted by Crippen LogP contribution is -2.29. The standard InChI is InChI=1S/C16H24O15P4.C2H6/c1-10-15(17)14(28-16(10)13-7-11-5-3-4-6-12(11)8-13)9-27-33(20,21)30-35(24,25)31-34(22,23)29-32(18,19)26-2;1-2/h3-7,10,14-17H,8-9H2,1-2H3,(H,18,19)(H,20,21)(H,22,23)(H,24,25);1-2H3/t10?,14-,15-,16-;/m1./s1. The normalized spacial score (nSPS) is 29.5. The van der Waals surface area contributed by atoms with E-state index in [0.717, 1.165) is 16.7 Å². The summed E-state index contributed by atoms with van der Waals surface area (Å²) in [6.07, 6.45) is -0.288. The van der Waals surface area contributed by atoms with Crippen molar-refractivity contribution >= 4 is 37.4 Å². The predicted molar refractivity (Wildman–Crippen MR) is 129 cm³/mol. The number of phosphoric ester groups is 2. The van der Waals surface area contributed by atoms with Gasteiger partial charge in [0.2, 0.25) is 0 Å². The fraction of sp³-hybridized carbons (Fsp3) is 0.556. The van der Waals surface area contributed by atoms with E-state index in [9.17, 15) is 38.0 Å². The largest absolute Gasteiger partial charge is 0.490 e. The molecule has 0 radical (unpaired) electrons. The monoisotopic (exact) mass is 610 g/mol. The predicted octanol–water partition coefficient (Wildman–Crippen LogP) is 3.53. The topological polar surface area (TPSA) is 225 Å². The number of ether oxygens (including phenoxy) is 1. The molecule has 1 saturated heterocycles. The van der Waals surface area contributed by atoms with Crippen molar-refractivity contribution in [1.82, 2.24) is 0 Å². The Bertz CT molecular complexity index is 1170. The highest BCUT2D eigenvalue weighted by Gasteiger charge is 2.47. The Morgan fingerprint density at radius 1 is 0.919 bits per heavy atom. The number of phosphoric acid groups is 4. The highest BCUT2D eigenvalue weighted by Crippen LogP contribution is 2.71. The van der Waals surface area contributed by atoms with Crippen LogP contribution in [0.15, 0.2) is 29.8 Å². The van der Waals surface area contributed by atoms with Crippen LogP contribution < -0.4 is 0 Å². The molecule has 2 aliphatic rings. The first-order valence-electron chi connectivity index (χ1n) is 10.8. The second-order valence-corrected chi connectivity index (χ2v) is 14.0. The van der Waals surface area contributed by atoms with Gasteiger partial charge in [-0.25, -0.2) is 18.3 Å². The second kappa shape index (κ2) is 12.7. The number of benzene rings is 1. The Labute approximate surface area is 213 Å². The molecular formula is C18H30O15P4. The Hall–Kier alpha value is -0.560. The average Bonchev–Trinajstić information content (AvgIpc) is 3.32. The summed E-state index contributed by atoms with van der Waals surface area (Å²) >= 11 is 0. The van der Waals surface area contributed by atoms with Crippen molar-refractivity contribution in [2.24, 2.45) is 5.92 Å². The van der Waals surface area contributed by atoms with E-state index in [1.165, 1.54) is 0 Å². The zero-order chi connectivity index (χ0) is 28.2. The van der Waals surface area contributed by atoms with Crippen LogP contribution in [0.1, 0.15) is 31.9 Å². The van der Waals surface area contributed by atoms with Crippen LogP contribution in [0.25, 0.3) is 6.08 Å². The van der Waals surface area contributed by atoms with E-state index in [1.807, 2.05) is 44.2 Å². The second-order valence-electron chi connectivity index (χ2n) is 7.64. The highest BCUT2D eigenvalue weighted by molar-refractivity contribution is 7.69. The van der Waals surface area contributed by atoms with E-state index in [-0.39, 0.29) is 0 Å². The van der Waals surface area contributed by atoms with Crippen molar-refractivity contribution in [2.75, 3.05) is 13.7 Å². The van der Waals surface area contributed by atoms with Gasteiger partial charge >= 0.3 is 31.3 Å². The minimum atomic E-state index is -5.86. The van der Waals surface area contributed by atoms with E-state index in [2.05, 4.69) is 22.0 Å². The van der Waals surface area contributed by atoms with Gasteiger partial charge in [0.15, 0.2) is 0 Å². The summed E-state index contributed by atoms with van der Waals surface area (Å²) in [7, 11) is -21.6. The Morgan fingerprint density at radius 2 is 1.46 bits per heavy atom. The van der Waals surface area contributed by atoms with Crippen molar-refractivity contribution in [1.29, 1.82) is 0 Å². The van der Waals surface area contributed by atoms with Crippen LogP contribution in [0.3, 0.4) is 0 Å². The number of fused-ring (bicyclic) bond motifs is 1. The molecule has 37 heavy (non-hydrogen) atoms. The zero-order valence-electron chi connectivity index (χ0n) is 20.2. The van der Waals surface area contributed by atoms with E-state index in [1.54, 1.807) is 6.92 Å². The van der Waals surface area contributed by atoms with Crippen LogP contribution >= 0.6 is 31.3 Å². The lowest BCUT2D eigenvalue weighted by Gasteiger charge is -2.20. The van der Waals surface area contributed by atoms with Crippen molar-refractivity contribution in [3.63, 3.8) is 0 Å². The third kappa shape index (κ3) is 9.25. The van der Waals surface area contributed by atoms with Crippen LogP contribution in [0.5, 0.6) is 0 Å². The van der Waals surface area contributed by atoms with Crippen molar-refractivity contribution < 1.29 is 69.7 Å². The van der Waals surface area contributed by atoms with Crippen LogP contribution in [0.2, 0.25) is 0 Å². The zero-order valence-corrected chi connectivity index (χ0v) is 23.8. The lowest BCUT2D eigenvalue weighted by atomic mass is 9.93. The number of aliphatic hydroxyl groups is 1. The molecule has 0 bridgehead atoms. The average molecular weight is 610 g/mol. The number of hydrogen-bond acceptors (Lipinski definition) is 11. The lowest BCUT2D eigenvalue weighted by molar-refractivity contribution is -0.0130. The molecule has 15 nitrogen and oxygen atoms in total.